The molecule has 0 aromatic heterocycles. The van der Waals surface area contributed by atoms with Gasteiger partial charge < -0.3 is 25.2 Å². The highest BCUT2D eigenvalue weighted by molar-refractivity contribution is 6.01. The molecule has 1 saturated heterocycles. The standard InChI is InChI=1S/C8H11NO5.C5H11NO3/c1-13-5-4-8(12)14-9-6(10)2-3-7(9)11;6-2-4-9-3-1-5(7)8/h2-5H2,1H3;1-4,6H2,(H,7,8). The molecule has 0 saturated carbocycles. The number of carbonyl (C=O) groups is 4. The lowest BCUT2D eigenvalue weighted by molar-refractivity contribution is -0.198. The van der Waals surface area contributed by atoms with Crippen LogP contribution in [-0.2, 0) is 33.5 Å². The largest absolute Gasteiger partial charge is 0.481 e. The second-order valence-corrected chi connectivity index (χ2v) is 4.33. The molecule has 0 aliphatic carbocycles. The SMILES string of the molecule is COCCC(=O)ON1C(=O)CCC1=O.NCCOCCC(=O)O. The lowest BCUT2D eigenvalue weighted by Crippen LogP contribution is -2.32. The Kier molecular flexibility index (Phi) is 11.4. The molecule has 0 aromatic carbocycles. The van der Waals surface area contributed by atoms with Gasteiger partial charge in [-0.25, -0.2) is 4.79 Å². The van der Waals surface area contributed by atoms with E-state index < -0.39 is 23.8 Å². The highest BCUT2D eigenvalue weighted by atomic mass is 16.7. The van der Waals surface area contributed by atoms with Crippen molar-refractivity contribution in [2.75, 3.05) is 33.5 Å². The first-order valence-corrected chi connectivity index (χ1v) is 6.97. The van der Waals surface area contributed by atoms with Gasteiger partial charge in [-0.3, -0.25) is 14.4 Å². The molecule has 0 aromatic rings. The summed E-state index contributed by atoms with van der Waals surface area (Å²) in [5, 5.41) is 8.63. The maximum Gasteiger partial charge on any atom is 0.335 e. The van der Waals surface area contributed by atoms with Crippen molar-refractivity contribution >= 4 is 23.8 Å². The average molecular weight is 334 g/mol. The van der Waals surface area contributed by atoms with Crippen LogP contribution in [0.25, 0.3) is 0 Å². The van der Waals surface area contributed by atoms with Crippen LogP contribution in [0.4, 0.5) is 0 Å². The number of nitrogens with two attached hydrogens (primary N) is 1. The first-order chi connectivity index (χ1) is 10.9. The molecule has 1 aliphatic rings. The highest BCUT2D eigenvalue weighted by Gasteiger charge is 2.32. The van der Waals surface area contributed by atoms with Gasteiger partial charge in [0.25, 0.3) is 11.8 Å². The molecule has 132 valence electrons. The zero-order valence-corrected chi connectivity index (χ0v) is 13.0. The third-order valence-electron chi connectivity index (χ3n) is 2.43. The quantitative estimate of drug-likeness (QED) is 0.403. The third-order valence-corrected chi connectivity index (χ3v) is 2.43. The fourth-order valence-corrected chi connectivity index (χ4v) is 1.34. The van der Waals surface area contributed by atoms with E-state index in [-0.39, 0.29) is 38.9 Å². The molecular formula is C13H22N2O8. The van der Waals surface area contributed by atoms with E-state index in [9.17, 15) is 19.2 Å². The van der Waals surface area contributed by atoms with Crippen LogP contribution in [0.15, 0.2) is 0 Å². The van der Waals surface area contributed by atoms with Gasteiger partial charge in [-0.05, 0) is 0 Å². The van der Waals surface area contributed by atoms with E-state index in [0.717, 1.165) is 0 Å². The molecule has 10 heteroatoms. The first-order valence-electron chi connectivity index (χ1n) is 6.97. The summed E-state index contributed by atoms with van der Waals surface area (Å²) in [7, 11) is 1.44. The van der Waals surface area contributed by atoms with Crippen molar-refractivity contribution in [3.8, 4) is 0 Å². The number of carboxylic acids is 1. The van der Waals surface area contributed by atoms with Crippen LogP contribution in [-0.4, -0.2) is 67.4 Å². The van der Waals surface area contributed by atoms with E-state index in [1.54, 1.807) is 0 Å². The first kappa shape index (κ1) is 21.0. The summed E-state index contributed by atoms with van der Waals surface area (Å²) in [5.41, 5.74) is 5.07. The molecule has 0 spiro atoms. The van der Waals surface area contributed by atoms with Crippen LogP contribution in [0.3, 0.4) is 0 Å². The number of aliphatic carboxylic acids is 1. The zero-order chi connectivity index (χ0) is 17.7. The summed E-state index contributed by atoms with van der Waals surface area (Å²) in [6.45, 7) is 1.34. The van der Waals surface area contributed by atoms with Crippen molar-refractivity contribution in [1.82, 2.24) is 5.06 Å². The summed E-state index contributed by atoms with van der Waals surface area (Å²) in [4.78, 5) is 47.4. The number of imide groups is 1. The predicted molar refractivity (Wildman–Crippen MR) is 75.8 cm³/mol. The van der Waals surface area contributed by atoms with Crippen molar-refractivity contribution in [1.29, 1.82) is 0 Å². The Bertz CT molecular complexity index is 397. The fourth-order valence-electron chi connectivity index (χ4n) is 1.34. The number of ether oxygens (including phenoxy) is 2. The molecule has 1 rings (SSSR count). The molecular weight excluding hydrogens is 312 g/mol. The Morgan fingerprint density at radius 1 is 1.13 bits per heavy atom. The Labute approximate surface area is 133 Å². The van der Waals surface area contributed by atoms with Gasteiger partial charge in [0.15, 0.2) is 0 Å². The van der Waals surface area contributed by atoms with Crippen molar-refractivity contribution in [2.24, 2.45) is 5.73 Å². The van der Waals surface area contributed by atoms with Crippen LogP contribution in [0, 0.1) is 0 Å². The van der Waals surface area contributed by atoms with E-state index >= 15 is 0 Å². The number of carboxylic acid groups (broad SMARTS) is 1. The average Bonchev–Trinajstić information content (AvgIpc) is 2.82. The lowest BCUT2D eigenvalue weighted by Gasteiger charge is -2.11. The van der Waals surface area contributed by atoms with Crippen molar-refractivity contribution < 1.29 is 38.6 Å². The number of carbonyl (C=O) groups excluding carboxylic acids is 3. The van der Waals surface area contributed by atoms with Gasteiger partial charge in [0, 0.05) is 26.5 Å². The molecule has 23 heavy (non-hydrogen) atoms. The number of nitrogens with zero attached hydrogens (tertiary/aromatic N) is 1. The van der Waals surface area contributed by atoms with Gasteiger partial charge in [0.2, 0.25) is 0 Å². The van der Waals surface area contributed by atoms with Gasteiger partial charge >= 0.3 is 11.9 Å². The van der Waals surface area contributed by atoms with Gasteiger partial charge in [-0.2, -0.15) is 0 Å². The molecule has 3 N–H and O–H groups in total. The number of hydrogen-bond donors (Lipinski definition) is 2. The normalized spacial score (nSPS) is 13.6. The Morgan fingerprint density at radius 3 is 2.22 bits per heavy atom. The fraction of sp³-hybridized carbons (Fsp3) is 0.692. The van der Waals surface area contributed by atoms with Gasteiger partial charge in [0.1, 0.15) is 0 Å². The maximum absolute atomic E-state index is 11.0. The second kappa shape index (κ2) is 12.5. The minimum absolute atomic E-state index is 0.0214. The molecule has 0 unspecified atom stereocenters. The van der Waals surface area contributed by atoms with E-state index in [1.807, 2.05) is 0 Å². The zero-order valence-electron chi connectivity index (χ0n) is 13.0. The molecule has 1 heterocycles. The van der Waals surface area contributed by atoms with Crippen LogP contribution in [0.1, 0.15) is 25.7 Å². The topological polar surface area (TPSA) is 145 Å². The number of methoxy groups -OCH3 is 1. The third kappa shape index (κ3) is 10.3. The predicted octanol–water partition coefficient (Wildman–Crippen LogP) is -0.933. The van der Waals surface area contributed by atoms with Gasteiger partial charge in [-0.1, -0.05) is 0 Å². The summed E-state index contributed by atoms with van der Waals surface area (Å²) in [6, 6.07) is 0. The lowest BCUT2D eigenvalue weighted by atomic mass is 10.4. The van der Waals surface area contributed by atoms with Crippen LogP contribution >= 0.6 is 0 Å². The van der Waals surface area contributed by atoms with E-state index in [2.05, 4.69) is 9.57 Å². The summed E-state index contributed by atoms with van der Waals surface area (Å²) in [6.07, 6.45) is 0.292. The van der Waals surface area contributed by atoms with Crippen molar-refractivity contribution in [2.45, 2.75) is 25.7 Å². The molecule has 0 radical (unpaired) electrons. The molecule has 0 bridgehead atoms. The molecule has 2 amide bonds. The summed E-state index contributed by atoms with van der Waals surface area (Å²) < 4.78 is 9.43. The molecule has 1 aliphatic heterocycles. The monoisotopic (exact) mass is 334 g/mol. The molecule has 10 nitrogen and oxygen atoms in total. The number of amides is 2. The van der Waals surface area contributed by atoms with Crippen LogP contribution in [0.2, 0.25) is 0 Å². The maximum atomic E-state index is 11.0. The molecule has 1 fully saturated rings. The van der Waals surface area contributed by atoms with Crippen molar-refractivity contribution in [3.05, 3.63) is 0 Å². The Hall–Kier alpha value is -2.04. The smallest absolute Gasteiger partial charge is 0.335 e. The minimum atomic E-state index is -0.841. The number of hydroxylamine groups is 2. The van der Waals surface area contributed by atoms with Gasteiger partial charge in [-0.15, -0.1) is 5.06 Å². The molecule has 0 atom stereocenters. The second-order valence-electron chi connectivity index (χ2n) is 4.33. The number of hydrogen-bond acceptors (Lipinski definition) is 8. The number of rotatable bonds is 9. The Morgan fingerprint density at radius 2 is 1.74 bits per heavy atom. The Balaban J connectivity index is 0.000000468. The van der Waals surface area contributed by atoms with Crippen LogP contribution in [0.5, 0.6) is 0 Å². The van der Waals surface area contributed by atoms with Crippen LogP contribution < -0.4 is 5.73 Å². The minimum Gasteiger partial charge on any atom is -0.481 e. The summed E-state index contributed by atoms with van der Waals surface area (Å²) >= 11 is 0. The summed E-state index contributed by atoms with van der Waals surface area (Å²) in [5.74, 6) is -2.43. The van der Waals surface area contributed by atoms with E-state index in [4.69, 9.17) is 15.6 Å². The van der Waals surface area contributed by atoms with Crippen molar-refractivity contribution in [3.63, 3.8) is 0 Å². The van der Waals surface area contributed by atoms with E-state index in [1.165, 1.54) is 7.11 Å². The van der Waals surface area contributed by atoms with Gasteiger partial charge in [0.05, 0.1) is 32.7 Å². The highest BCUT2D eigenvalue weighted by Crippen LogP contribution is 2.12. The van der Waals surface area contributed by atoms with E-state index in [0.29, 0.717) is 18.2 Å².